The highest BCUT2D eigenvalue weighted by Gasteiger charge is 2.19. The summed E-state index contributed by atoms with van der Waals surface area (Å²) in [6, 6.07) is 5.64. The molecule has 6 heteroatoms. The normalized spacial score (nSPS) is 12.0. The van der Waals surface area contributed by atoms with Crippen LogP contribution < -0.4 is 10.6 Å². The van der Waals surface area contributed by atoms with E-state index < -0.39 is 18.0 Å². The van der Waals surface area contributed by atoms with Gasteiger partial charge >= 0.3 is 12.0 Å². The van der Waals surface area contributed by atoms with Crippen LogP contribution in [0.15, 0.2) is 24.3 Å². The number of hydrogen-bond acceptors (Lipinski definition) is 3. The van der Waals surface area contributed by atoms with Crippen LogP contribution in [0.25, 0.3) is 0 Å². The van der Waals surface area contributed by atoms with Gasteiger partial charge < -0.3 is 20.8 Å². The molecule has 110 valence electrons. The number of carbonyl (C=O) groups excluding carboxylic acids is 1. The lowest BCUT2D eigenvalue weighted by Crippen LogP contribution is -2.43. The van der Waals surface area contributed by atoms with Gasteiger partial charge in [0.25, 0.3) is 0 Å². The van der Waals surface area contributed by atoms with Gasteiger partial charge in [0.05, 0.1) is 0 Å². The number of benzene rings is 1. The Bertz CT molecular complexity index is 474. The van der Waals surface area contributed by atoms with Gasteiger partial charge in [0.1, 0.15) is 6.04 Å². The molecule has 2 amide bonds. The smallest absolute Gasteiger partial charge is 0.326 e. The molecule has 0 spiro atoms. The fourth-order valence-electron chi connectivity index (χ4n) is 1.82. The number of carboxylic acids is 1. The van der Waals surface area contributed by atoms with Crippen molar-refractivity contribution in [1.29, 1.82) is 0 Å². The first-order chi connectivity index (χ1) is 9.45. The Morgan fingerprint density at radius 3 is 2.45 bits per heavy atom. The first-order valence-electron chi connectivity index (χ1n) is 6.45. The van der Waals surface area contributed by atoms with Crippen molar-refractivity contribution in [3.8, 4) is 0 Å². The molecular formula is C14H20N2O4. The van der Waals surface area contributed by atoms with Crippen LogP contribution in [-0.2, 0) is 4.79 Å². The van der Waals surface area contributed by atoms with Crippen molar-refractivity contribution in [2.45, 2.75) is 32.2 Å². The van der Waals surface area contributed by atoms with E-state index in [9.17, 15) is 9.59 Å². The maximum atomic E-state index is 11.8. The number of hydrogen-bond donors (Lipinski definition) is 4. The Morgan fingerprint density at radius 1 is 1.25 bits per heavy atom. The van der Waals surface area contributed by atoms with Crippen LogP contribution in [0, 0.1) is 0 Å². The topological polar surface area (TPSA) is 98.7 Å². The zero-order valence-corrected chi connectivity index (χ0v) is 11.6. The minimum absolute atomic E-state index is 0.0332. The number of amides is 2. The van der Waals surface area contributed by atoms with Gasteiger partial charge in [-0.15, -0.1) is 0 Å². The highest BCUT2D eigenvalue weighted by Crippen LogP contribution is 2.23. The second-order valence-corrected chi connectivity index (χ2v) is 4.74. The molecule has 4 N–H and O–H groups in total. The molecule has 20 heavy (non-hydrogen) atoms. The van der Waals surface area contributed by atoms with Crippen LogP contribution in [0.1, 0.15) is 31.7 Å². The van der Waals surface area contributed by atoms with Crippen molar-refractivity contribution in [2.75, 3.05) is 11.9 Å². The van der Waals surface area contributed by atoms with Gasteiger partial charge in [0, 0.05) is 18.7 Å². The number of nitrogens with one attached hydrogen (secondary N) is 2. The van der Waals surface area contributed by atoms with E-state index in [1.807, 2.05) is 26.0 Å². The molecule has 0 radical (unpaired) electrons. The molecule has 1 aromatic rings. The van der Waals surface area contributed by atoms with Crippen molar-refractivity contribution in [2.24, 2.45) is 0 Å². The minimum atomic E-state index is -1.17. The highest BCUT2D eigenvalue weighted by atomic mass is 16.4. The number of carbonyl (C=O) groups is 2. The summed E-state index contributed by atoms with van der Waals surface area (Å²) in [4.78, 5) is 22.7. The summed E-state index contributed by atoms with van der Waals surface area (Å²) in [5, 5.41) is 22.6. The van der Waals surface area contributed by atoms with E-state index in [0.717, 1.165) is 5.56 Å². The summed E-state index contributed by atoms with van der Waals surface area (Å²) >= 11 is 0. The van der Waals surface area contributed by atoms with Gasteiger partial charge in [-0.2, -0.15) is 0 Å². The maximum Gasteiger partial charge on any atom is 0.326 e. The van der Waals surface area contributed by atoms with Crippen molar-refractivity contribution in [3.05, 3.63) is 29.8 Å². The predicted molar refractivity (Wildman–Crippen MR) is 75.8 cm³/mol. The minimum Gasteiger partial charge on any atom is -0.480 e. The van der Waals surface area contributed by atoms with E-state index in [2.05, 4.69) is 10.6 Å². The van der Waals surface area contributed by atoms with Crippen molar-refractivity contribution in [1.82, 2.24) is 5.32 Å². The summed E-state index contributed by atoms with van der Waals surface area (Å²) < 4.78 is 0. The molecule has 0 aromatic heterocycles. The molecule has 0 saturated carbocycles. The maximum absolute atomic E-state index is 11.8. The molecule has 1 aromatic carbocycles. The Balaban J connectivity index is 2.73. The third kappa shape index (κ3) is 4.55. The van der Waals surface area contributed by atoms with Gasteiger partial charge in [-0.25, -0.2) is 9.59 Å². The zero-order valence-electron chi connectivity index (χ0n) is 11.6. The third-order valence-electron chi connectivity index (χ3n) is 2.85. The lowest BCUT2D eigenvalue weighted by atomic mass is 10.0. The first kappa shape index (κ1) is 16.0. The molecule has 0 fully saturated rings. The van der Waals surface area contributed by atoms with E-state index in [0.29, 0.717) is 5.69 Å². The second-order valence-electron chi connectivity index (χ2n) is 4.74. The number of aliphatic hydroxyl groups is 1. The molecule has 0 aliphatic rings. The molecule has 6 nitrogen and oxygen atoms in total. The standard InChI is InChI=1S/C14H20N2O4/c1-9(2)10-5-3-4-6-11(10)15-14(20)16-12(7-8-17)13(18)19/h3-6,9,12,17H,7-8H2,1-2H3,(H,18,19)(H2,15,16,20). The number of urea groups is 1. The van der Waals surface area contributed by atoms with Crippen molar-refractivity contribution < 1.29 is 19.8 Å². The van der Waals surface area contributed by atoms with E-state index in [1.165, 1.54) is 0 Å². The number of carboxylic acid groups (broad SMARTS) is 1. The van der Waals surface area contributed by atoms with Crippen molar-refractivity contribution in [3.63, 3.8) is 0 Å². The average molecular weight is 280 g/mol. The molecular weight excluding hydrogens is 260 g/mol. The Kier molecular flexibility index (Phi) is 5.99. The number of aliphatic carboxylic acids is 1. The third-order valence-corrected chi connectivity index (χ3v) is 2.85. The van der Waals surface area contributed by atoms with Gasteiger partial charge in [-0.1, -0.05) is 32.0 Å². The van der Waals surface area contributed by atoms with Gasteiger partial charge in [0.2, 0.25) is 0 Å². The van der Waals surface area contributed by atoms with Gasteiger partial charge in [-0.05, 0) is 17.5 Å². The summed E-state index contributed by atoms with van der Waals surface area (Å²) in [5.41, 5.74) is 1.62. The van der Waals surface area contributed by atoms with E-state index in [1.54, 1.807) is 12.1 Å². The molecule has 0 saturated heterocycles. The van der Waals surface area contributed by atoms with Crippen LogP contribution in [0.3, 0.4) is 0 Å². The fraction of sp³-hybridized carbons (Fsp3) is 0.429. The summed E-state index contributed by atoms with van der Waals surface area (Å²) in [7, 11) is 0. The predicted octanol–water partition coefficient (Wildman–Crippen LogP) is 1.77. The monoisotopic (exact) mass is 280 g/mol. The summed E-state index contributed by atoms with van der Waals surface area (Å²) in [6.07, 6.45) is -0.0332. The Labute approximate surface area is 117 Å². The molecule has 1 rings (SSSR count). The number of rotatable bonds is 6. The lowest BCUT2D eigenvalue weighted by Gasteiger charge is -2.17. The molecule has 0 aliphatic carbocycles. The lowest BCUT2D eigenvalue weighted by molar-refractivity contribution is -0.139. The Hall–Kier alpha value is -2.08. The first-order valence-corrected chi connectivity index (χ1v) is 6.45. The van der Waals surface area contributed by atoms with Crippen LogP contribution >= 0.6 is 0 Å². The van der Waals surface area contributed by atoms with Crippen LogP contribution in [0.2, 0.25) is 0 Å². The number of anilines is 1. The summed E-state index contributed by atoms with van der Waals surface area (Å²) in [6.45, 7) is 3.70. The molecule has 0 bridgehead atoms. The van der Waals surface area contributed by atoms with Crippen LogP contribution in [0.5, 0.6) is 0 Å². The quantitative estimate of drug-likeness (QED) is 0.638. The van der Waals surface area contributed by atoms with E-state index >= 15 is 0 Å². The Morgan fingerprint density at radius 2 is 1.90 bits per heavy atom. The summed E-state index contributed by atoms with van der Waals surface area (Å²) in [5.74, 6) is -0.939. The highest BCUT2D eigenvalue weighted by molar-refractivity contribution is 5.92. The molecule has 1 atom stereocenters. The molecule has 0 heterocycles. The second kappa shape index (κ2) is 7.49. The van der Waals surface area contributed by atoms with E-state index in [4.69, 9.17) is 10.2 Å². The van der Waals surface area contributed by atoms with Crippen molar-refractivity contribution >= 4 is 17.7 Å². The van der Waals surface area contributed by atoms with E-state index in [-0.39, 0.29) is 18.9 Å². The zero-order chi connectivity index (χ0) is 15.1. The SMILES string of the molecule is CC(C)c1ccccc1NC(=O)NC(CCO)C(=O)O. The molecule has 0 aliphatic heterocycles. The average Bonchev–Trinajstić information content (AvgIpc) is 2.38. The van der Waals surface area contributed by atoms with Crippen LogP contribution in [-0.4, -0.2) is 34.9 Å². The largest absolute Gasteiger partial charge is 0.480 e. The van der Waals surface area contributed by atoms with Crippen LogP contribution in [0.4, 0.5) is 10.5 Å². The molecule has 1 unspecified atom stereocenters. The number of aliphatic hydroxyl groups excluding tert-OH is 1. The van der Waals surface area contributed by atoms with Gasteiger partial charge in [0.15, 0.2) is 0 Å². The number of para-hydroxylation sites is 1. The van der Waals surface area contributed by atoms with Gasteiger partial charge in [-0.3, -0.25) is 0 Å². The fourth-order valence-corrected chi connectivity index (χ4v) is 1.82.